The molecule has 0 atom stereocenters. The van der Waals surface area contributed by atoms with E-state index in [9.17, 15) is 8.42 Å². The van der Waals surface area contributed by atoms with Gasteiger partial charge < -0.3 is 0 Å². The van der Waals surface area contributed by atoms with Crippen LogP contribution < -0.4 is 0 Å². The Hall–Kier alpha value is -1.17. The van der Waals surface area contributed by atoms with Gasteiger partial charge in [-0.25, -0.2) is 8.42 Å². The Labute approximate surface area is 130 Å². The number of hydrogen-bond acceptors (Lipinski definition) is 3. The second-order valence-electron chi connectivity index (χ2n) is 5.57. The fourth-order valence-corrected chi connectivity index (χ4v) is 4.97. The Morgan fingerprint density at radius 2 is 1.95 bits per heavy atom. The molecule has 2 aromatic rings. The minimum absolute atomic E-state index is 0.417. The third-order valence-corrected chi connectivity index (χ3v) is 6.92. The van der Waals surface area contributed by atoms with Crippen molar-refractivity contribution < 1.29 is 8.42 Å². The first-order valence-electron chi connectivity index (χ1n) is 7.09. The second-order valence-corrected chi connectivity index (χ2v) is 8.62. The van der Waals surface area contributed by atoms with Crippen molar-refractivity contribution >= 4 is 21.4 Å². The molecule has 0 fully saturated rings. The molecule has 3 nitrogen and oxygen atoms in total. The first-order valence-corrected chi connectivity index (χ1v) is 9.41. The molecular formula is C16H19NO2S2. The van der Waals surface area contributed by atoms with Crippen molar-refractivity contribution in [3.05, 3.63) is 51.2 Å². The third-order valence-electron chi connectivity index (χ3n) is 4.11. The normalized spacial score (nSPS) is 14.6. The third kappa shape index (κ3) is 2.78. The van der Waals surface area contributed by atoms with E-state index in [0.717, 1.165) is 29.7 Å². The number of rotatable bonds is 4. The smallest absolute Gasteiger partial charge is 0.207 e. The van der Waals surface area contributed by atoms with Gasteiger partial charge in [0, 0.05) is 18.5 Å². The molecule has 0 spiro atoms. The highest BCUT2D eigenvalue weighted by Crippen LogP contribution is 2.27. The quantitative estimate of drug-likeness (QED) is 0.866. The van der Waals surface area contributed by atoms with Crippen LogP contribution in [0, 0.1) is 6.92 Å². The van der Waals surface area contributed by atoms with E-state index in [4.69, 9.17) is 0 Å². The number of thiophene rings is 1. The van der Waals surface area contributed by atoms with Crippen molar-refractivity contribution in [1.29, 1.82) is 0 Å². The topological polar surface area (TPSA) is 37.4 Å². The molecule has 0 aliphatic heterocycles. The number of nitrogens with zero attached hydrogens (tertiary/aromatic N) is 1. The molecule has 1 aliphatic carbocycles. The van der Waals surface area contributed by atoms with Crippen molar-refractivity contribution in [2.75, 3.05) is 7.05 Å². The van der Waals surface area contributed by atoms with Gasteiger partial charge in [-0.05, 0) is 66.5 Å². The molecule has 0 N–H and O–H groups in total. The van der Waals surface area contributed by atoms with Crippen molar-refractivity contribution in [1.82, 2.24) is 4.31 Å². The summed E-state index contributed by atoms with van der Waals surface area (Å²) in [6.07, 6.45) is 3.19. The summed E-state index contributed by atoms with van der Waals surface area (Å²) in [5.74, 6) is 0. The van der Waals surface area contributed by atoms with Crippen LogP contribution >= 0.6 is 11.3 Å². The SMILES string of the molecule is Cc1ccsc1CN(C)S(=O)(=O)c1ccc2c(c1)CCC2. The number of hydrogen-bond donors (Lipinski definition) is 0. The summed E-state index contributed by atoms with van der Waals surface area (Å²) >= 11 is 1.60. The zero-order valence-electron chi connectivity index (χ0n) is 12.3. The molecule has 0 amide bonds. The molecule has 0 saturated carbocycles. The van der Waals surface area contributed by atoms with E-state index in [0.29, 0.717) is 11.4 Å². The van der Waals surface area contributed by atoms with Crippen molar-refractivity contribution in [2.24, 2.45) is 0 Å². The second kappa shape index (κ2) is 5.55. The van der Waals surface area contributed by atoms with E-state index in [-0.39, 0.29) is 0 Å². The molecule has 0 radical (unpaired) electrons. The van der Waals surface area contributed by atoms with Gasteiger partial charge >= 0.3 is 0 Å². The monoisotopic (exact) mass is 321 g/mol. The van der Waals surface area contributed by atoms with Gasteiger partial charge in [0.25, 0.3) is 0 Å². The summed E-state index contributed by atoms with van der Waals surface area (Å²) in [6.45, 7) is 2.45. The van der Waals surface area contributed by atoms with Crippen molar-refractivity contribution in [3.8, 4) is 0 Å². The number of sulfonamides is 1. The first-order chi connectivity index (χ1) is 9.98. The van der Waals surface area contributed by atoms with Gasteiger partial charge in [0.05, 0.1) is 4.90 Å². The van der Waals surface area contributed by atoms with Gasteiger partial charge in [-0.15, -0.1) is 11.3 Å². The van der Waals surface area contributed by atoms with Gasteiger partial charge in [0.2, 0.25) is 10.0 Å². The lowest BCUT2D eigenvalue weighted by Gasteiger charge is -2.17. The van der Waals surface area contributed by atoms with Crippen molar-refractivity contribution in [3.63, 3.8) is 0 Å². The van der Waals surface area contributed by atoms with E-state index in [1.807, 2.05) is 30.5 Å². The minimum Gasteiger partial charge on any atom is -0.207 e. The molecule has 5 heteroatoms. The van der Waals surface area contributed by atoms with Gasteiger partial charge in [0.1, 0.15) is 0 Å². The molecule has 1 aromatic heterocycles. The summed E-state index contributed by atoms with van der Waals surface area (Å²) in [7, 11) is -1.76. The van der Waals surface area contributed by atoms with Crippen LogP contribution in [-0.2, 0) is 29.4 Å². The summed E-state index contributed by atoms with van der Waals surface area (Å²) in [5.41, 5.74) is 3.64. The molecule has 3 rings (SSSR count). The van der Waals surface area contributed by atoms with Gasteiger partial charge in [-0.1, -0.05) is 6.07 Å². The van der Waals surface area contributed by atoms with Crippen LogP contribution in [-0.4, -0.2) is 19.8 Å². The van der Waals surface area contributed by atoms with E-state index in [2.05, 4.69) is 0 Å². The standard InChI is InChI=1S/C16H19NO2S2/c1-12-8-9-20-16(12)11-17(2)21(18,19)15-7-6-13-4-3-5-14(13)10-15/h6-10H,3-5,11H2,1-2H3. The van der Waals surface area contributed by atoms with Crippen LogP contribution in [0.15, 0.2) is 34.5 Å². The molecular weight excluding hydrogens is 302 g/mol. The van der Waals surface area contributed by atoms with Crippen molar-refractivity contribution in [2.45, 2.75) is 37.6 Å². The maximum atomic E-state index is 12.7. The van der Waals surface area contributed by atoms with Crippen LogP contribution in [0.2, 0.25) is 0 Å². The summed E-state index contributed by atoms with van der Waals surface area (Å²) in [4.78, 5) is 1.52. The lowest BCUT2D eigenvalue weighted by molar-refractivity contribution is 0.469. The Morgan fingerprint density at radius 1 is 1.19 bits per heavy atom. The zero-order valence-corrected chi connectivity index (χ0v) is 13.9. The molecule has 0 unspecified atom stereocenters. The fourth-order valence-electron chi connectivity index (χ4n) is 2.74. The maximum Gasteiger partial charge on any atom is 0.243 e. The molecule has 21 heavy (non-hydrogen) atoms. The summed E-state index contributed by atoms with van der Waals surface area (Å²) in [5, 5.41) is 2.00. The predicted molar refractivity (Wildman–Crippen MR) is 86.2 cm³/mol. The van der Waals surface area contributed by atoms with E-state index < -0.39 is 10.0 Å². The average molecular weight is 321 g/mol. The predicted octanol–water partition coefficient (Wildman–Crippen LogP) is 3.37. The van der Waals surface area contributed by atoms with Gasteiger partial charge in [-0.3, -0.25) is 0 Å². The van der Waals surface area contributed by atoms with Crippen LogP contribution in [0.1, 0.15) is 28.0 Å². The maximum absolute atomic E-state index is 12.7. The van der Waals surface area contributed by atoms with Crippen LogP contribution in [0.25, 0.3) is 0 Å². The first kappa shape index (κ1) is 14.8. The van der Waals surface area contributed by atoms with Crippen LogP contribution in [0.5, 0.6) is 0 Å². The number of aryl methyl sites for hydroxylation is 3. The lowest BCUT2D eigenvalue weighted by atomic mass is 10.1. The van der Waals surface area contributed by atoms with E-state index in [1.54, 1.807) is 24.5 Å². The summed E-state index contributed by atoms with van der Waals surface area (Å²) in [6, 6.07) is 7.60. The Kier molecular flexibility index (Phi) is 3.90. The van der Waals surface area contributed by atoms with E-state index >= 15 is 0 Å². The summed E-state index contributed by atoms with van der Waals surface area (Å²) < 4.78 is 26.8. The average Bonchev–Trinajstić information content (AvgIpc) is 3.07. The highest BCUT2D eigenvalue weighted by molar-refractivity contribution is 7.89. The van der Waals surface area contributed by atoms with Gasteiger partial charge in [0.15, 0.2) is 0 Å². The van der Waals surface area contributed by atoms with Gasteiger partial charge in [-0.2, -0.15) is 4.31 Å². The number of benzene rings is 1. The Balaban J connectivity index is 1.87. The highest BCUT2D eigenvalue weighted by Gasteiger charge is 2.23. The largest absolute Gasteiger partial charge is 0.243 e. The lowest BCUT2D eigenvalue weighted by Crippen LogP contribution is -2.26. The molecule has 112 valence electrons. The molecule has 1 heterocycles. The minimum atomic E-state index is -3.41. The van der Waals surface area contributed by atoms with Crippen LogP contribution in [0.4, 0.5) is 0 Å². The molecule has 1 aromatic carbocycles. The zero-order chi connectivity index (χ0) is 15.0. The Morgan fingerprint density at radius 3 is 2.67 bits per heavy atom. The highest BCUT2D eigenvalue weighted by atomic mass is 32.2. The Bertz CT molecular complexity index is 762. The van der Waals surface area contributed by atoms with E-state index in [1.165, 1.54) is 15.4 Å². The fraction of sp³-hybridized carbons (Fsp3) is 0.375. The molecule has 0 saturated heterocycles. The number of fused-ring (bicyclic) bond motifs is 1. The van der Waals surface area contributed by atoms with Crippen LogP contribution in [0.3, 0.4) is 0 Å². The molecule has 1 aliphatic rings. The molecule has 0 bridgehead atoms.